The molecule has 0 aromatic heterocycles. The highest BCUT2D eigenvalue weighted by Gasteiger charge is 2.62. The number of hydrazine groups is 1. The number of unbranched alkanes of at least 4 members (excludes halogenated alkanes) is 1. The zero-order chi connectivity index (χ0) is 18.3. The third-order valence-corrected chi connectivity index (χ3v) is 5.38. The van der Waals surface area contributed by atoms with Crippen molar-refractivity contribution in [3.05, 3.63) is 29.8 Å². The highest BCUT2D eigenvalue weighted by Crippen LogP contribution is 2.48. The predicted octanol–water partition coefficient (Wildman–Crippen LogP) is 1.67. The van der Waals surface area contributed by atoms with Crippen molar-refractivity contribution in [3.63, 3.8) is 0 Å². The Hall–Kier alpha value is -2.41. The molecular weight excluding hydrogens is 336 g/mol. The van der Waals surface area contributed by atoms with E-state index < -0.39 is 17.7 Å². The molecule has 1 N–H and O–H groups in total. The summed E-state index contributed by atoms with van der Waals surface area (Å²) in [5.41, 5.74) is 2.83. The number of amides is 3. The van der Waals surface area contributed by atoms with Crippen LogP contribution in [0.2, 0.25) is 0 Å². The Kier molecular flexibility index (Phi) is 4.40. The zero-order valence-corrected chi connectivity index (χ0v) is 14.6. The molecule has 1 aromatic rings. The number of imide groups is 1. The number of fused-ring (bicyclic) bond motifs is 5. The van der Waals surface area contributed by atoms with Gasteiger partial charge in [-0.1, -0.05) is 13.3 Å². The van der Waals surface area contributed by atoms with Gasteiger partial charge in [0.05, 0.1) is 30.7 Å². The van der Waals surface area contributed by atoms with E-state index in [0.717, 1.165) is 30.7 Å². The van der Waals surface area contributed by atoms with Crippen LogP contribution in [-0.4, -0.2) is 41.5 Å². The average Bonchev–Trinajstić information content (AvgIpc) is 3.32. The predicted molar refractivity (Wildman–Crippen MR) is 91.0 cm³/mol. The molecule has 3 heterocycles. The first kappa shape index (κ1) is 17.0. The quantitative estimate of drug-likeness (QED) is 0.618. The first-order chi connectivity index (χ1) is 12.6. The lowest BCUT2D eigenvalue weighted by atomic mass is 9.81. The molecule has 2 bridgehead atoms. The van der Waals surface area contributed by atoms with Crippen molar-refractivity contribution in [1.82, 2.24) is 10.4 Å². The molecule has 4 rings (SSSR count). The summed E-state index contributed by atoms with van der Waals surface area (Å²) in [7, 11) is 0. The van der Waals surface area contributed by atoms with Gasteiger partial charge in [-0.25, -0.2) is 0 Å². The molecule has 138 valence electrons. The lowest BCUT2D eigenvalue weighted by Crippen LogP contribution is -2.47. The number of nitrogens with zero attached hydrogens (tertiary/aromatic N) is 1. The summed E-state index contributed by atoms with van der Waals surface area (Å²) in [6, 6.07) is 6.66. The fourth-order valence-corrected chi connectivity index (χ4v) is 4.03. The van der Waals surface area contributed by atoms with E-state index in [0.29, 0.717) is 17.9 Å². The van der Waals surface area contributed by atoms with Crippen molar-refractivity contribution < 1.29 is 23.9 Å². The molecule has 3 fully saturated rings. The minimum Gasteiger partial charge on any atom is -0.494 e. The number of carbonyl (C=O) groups is 3. The smallest absolute Gasteiger partial charge is 0.270 e. The molecule has 3 amide bonds. The van der Waals surface area contributed by atoms with Gasteiger partial charge in [0.15, 0.2) is 0 Å². The minimum atomic E-state index is -0.486. The Morgan fingerprint density at radius 2 is 1.77 bits per heavy atom. The Morgan fingerprint density at radius 1 is 1.15 bits per heavy atom. The number of benzene rings is 1. The molecule has 0 unspecified atom stereocenters. The van der Waals surface area contributed by atoms with Gasteiger partial charge in [-0.3, -0.25) is 19.8 Å². The van der Waals surface area contributed by atoms with Crippen molar-refractivity contribution in [2.24, 2.45) is 11.8 Å². The van der Waals surface area contributed by atoms with Crippen molar-refractivity contribution in [2.75, 3.05) is 6.61 Å². The van der Waals surface area contributed by atoms with E-state index >= 15 is 0 Å². The highest BCUT2D eigenvalue weighted by molar-refractivity contribution is 6.08. The number of ether oxygens (including phenoxy) is 2. The second-order valence-corrected chi connectivity index (χ2v) is 7.02. The van der Waals surface area contributed by atoms with Gasteiger partial charge in [0.25, 0.3) is 17.7 Å². The first-order valence-corrected chi connectivity index (χ1v) is 9.17. The summed E-state index contributed by atoms with van der Waals surface area (Å²) >= 11 is 0. The molecule has 0 aliphatic carbocycles. The van der Waals surface area contributed by atoms with Gasteiger partial charge in [-0.05, 0) is 43.5 Å². The molecule has 7 nitrogen and oxygen atoms in total. The lowest BCUT2D eigenvalue weighted by Gasteiger charge is -2.18. The summed E-state index contributed by atoms with van der Waals surface area (Å²) in [5, 5.41) is 0.886. The summed E-state index contributed by atoms with van der Waals surface area (Å²) in [5.74, 6) is -1.42. The number of hydrogen-bond acceptors (Lipinski definition) is 5. The van der Waals surface area contributed by atoms with E-state index in [1.54, 1.807) is 24.3 Å². The van der Waals surface area contributed by atoms with Crippen LogP contribution in [0.4, 0.5) is 0 Å². The number of hydrogen-bond donors (Lipinski definition) is 1. The highest BCUT2D eigenvalue weighted by atomic mass is 16.5. The third-order valence-electron chi connectivity index (χ3n) is 5.38. The summed E-state index contributed by atoms with van der Waals surface area (Å²) in [6.45, 7) is 2.72. The van der Waals surface area contributed by atoms with Gasteiger partial charge in [0.1, 0.15) is 5.75 Å². The number of carbonyl (C=O) groups excluding carboxylic acids is 3. The minimum absolute atomic E-state index is 0.192. The molecule has 0 radical (unpaired) electrons. The van der Waals surface area contributed by atoms with Crippen molar-refractivity contribution in [3.8, 4) is 5.75 Å². The molecule has 3 aliphatic heterocycles. The van der Waals surface area contributed by atoms with Crippen molar-refractivity contribution in [2.45, 2.75) is 44.8 Å². The summed E-state index contributed by atoms with van der Waals surface area (Å²) < 4.78 is 11.2. The second kappa shape index (κ2) is 6.72. The van der Waals surface area contributed by atoms with Crippen LogP contribution in [0.1, 0.15) is 43.0 Å². The van der Waals surface area contributed by atoms with Gasteiger partial charge in [-0.15, -0.1) is 0 Å². The fraction of sp³-hybridized carbons (Fsp3) is 0.526. The molecule has 3 saturated heterocycles. The molecule has 0 spiro atoms. The van der Waals surface area contributed by atoms with E-state index in [4.69, 9.17) is 9.47 Å². The second-order valence-electron chi connectivity index (χ2n) is 7.02. The van der Waals surface area contributed by atoms with Crippen LogP contribution in [0.15, 0.2) is 24.3 Å². The monoisotopic (exact) mass is 358 g/mol. The maximum absolute atomic E-state index is 12.5. The maximum atomic E-state index is 12.5. The molecule has 0 saturated carbocycles. The van der Waals surface area contributed by atoms with E-state index in [1.165, 1.54) is 0 Å². The third kappa shape index (κ3) is 2.76. The van der Waals surface area contributed by atoms with E-state index in [-0.39, 0.29) is 24.0 Å². The standard InChI is InChI=1S/C19H22N2O5/c1-2-3-10-25-12-6-4-11(5-7-12)17(22)20-21-18(23)15-13-8-9-14(26-13)16(15)19(21)24/h4-7,13-16H,2-3,8-10H2,1H3,(H,20,22)/t13-,14+,15-,16-/m0/s1. The Bertz CT molecular complexity index is 704. The van der Waals surface area contributed by atoms with Crippen LogP contribution in [0.3, 0.4) is 0 Å². The van der Waals surface area contributed by atoms with Gasteiger partial charge in [0.2, 0.25) is 0 Å². The van der Waals surface area contributed by atoms with E-state index in [9.17, 15) is 14.4 Å². The largest absolute Gasteiger partial charge is 0.494 e. The average molecular weight is 358 g/mol. The van der Waals surface area contributed by atoms with Crippen LogP contribution in [-0.2, 0) is 14.3 Å². The van der Waals surface area contributed by atoms with Gasteiger partial charge >= 0.3 is 0 Å². The summed E-state index contributed by atoms with van der Waals surface area (Å²) in [4.78, 5) is 37.5. The normalized spacial score (nSPS) is 29.2. The topological polar surface area (TPSA) is 84.9 Å². The van der Waals surface area contributed by atoms with Crippen molar-refractivity contribution >= 4 is 17.7 Å². The maximum Gasteiger partial charge on any atom is 0.270 e. The molecular formula is C19H22N2O5. The molecule has 3 aliphatic rings. The Labute approximate surface area is 151 Å². The van der Waals surface area contributed by atoms with E-state index in [1.807, 2.05) is 0 Å². The van der Waals surface area contributed by atoms with Gasteiger partial charge in [0, 0.05) is 5.56 Å². The van der Waals surface area contributed by atoms with Crippen LogP contribution >= 0.6 is 0 Å². The number of nitrogens with one attached hydrogen (secondary N) is 1. The van der Waals surface area contributed by atoms with Crippen LogP contribution < -0.4 is 10.2 Å². The SMILES string of the molecule is CCCCOc1ccc(C(=O)NN2C(=O)[C@@H]3[C@@H](C2=O)[C@H]2CC[C@@H]3O2)cc1. The first-order valence-electron chi connectivity index (χ1n) is 9.17. The van der Waals surface area contributed by atoms with Gasteiger partial charge < -0.3 is 9.47 Å². The number of rotatable bonds is 6. The zero-order valence-electron chi connectivity index (χ0n) is 14.6. The van der Waals surface area contributed by atoms with Crippen molar-refractivity contribution in [1.29, 1.82) is 0 Å². The molecule has 1 aromatic carbocycles. The molecule has 4 atom stereocenters. The van der Waals surface area contributed by atoms with Crippen LogP contribution in [0, 0.1) is 11.8 Å². The summed E-state index contributed by atoms with van der Waals surface area (Å²) in [6.07, 6.45) is 3.23. The fourth-order valence-electron chi connectivity index (χ4n) is 4.03. The Morgan fingerprint density at radius 3 is 2.35 bits per heavy atom. The van der Waals surface area contributed by atoms with E-state index in [2.05, 4.69) is 12.3 Å². The lowest BCUT2D eigenvalue weighted by molar-refractivity contribution is -0.145. The van der Waals surface area contributed by atoms with Crippen LogP contribution in [0.5, 0.6) is 5.75 Å². The van der Waals surface area contributed by atoms with Crippen LogP contribution in [0.25, 0.3) is 0 Å². The Balaban J connectivity index is 1.40. The molecule has 26 heavy (non-hydrogen) atoms. The molecule has 7 heteroatoms. The van der Waals surface area contributed by atoms with Gasteiger partial charge in [-0.2, -0.15) is 5.01 Å².